The molecule has 0 amide bonds. The van der Waals surface area contributed by atoms with Crippen molar-refractivity contribution in [3.8, 4) is 0 Å². The molecule has 1 aromatic heterocycles. The Hall–Kier alpha value is -1.44. The van der Waals surface area contributed by atoms with Gasteiger partial charge in [0.1, 0.15) is 6.33 Å². The molecule has 0 saturated heterocycles. The minimum Gasteiger partial charge on any atom is -0.244 e. The summed E-state index contributed by atoms with van der Waals surface area (Å²) in [7, 11) is 0. The molecule has 2 nitrogen and oxygen atoms in total. The van der Waals surface area contributed by atoms with E-state index in [1.54, 1.807) is 11.9 Å². The van der Waals surface area contributed by atoms with E-state index in [1.165, 1.54) is 16.7 Å². The van der Waals surface area contributed by atoms with Gasteiger partial charge >= 0.3 is 0 Å². The van der Waals surface area contributed by atoms with Crippen LogP contribution in [0.3, 0.4) is 0 Å². The lowest BCUT2D eigenvalue weighted by Crippen LogP contribution is -2.20. The Bertz CT molecular complexity index is 538. The molecule has 1 heterocycles. The van der Waals surface area contributed by atoms with Crippen LogP contribution < -0.4 is 0 Å². The zero-order valence-electron chi connectivity index (χ0n) is 10.7. The van der Waals surface area contributed by atoms with Crippen LogP contribution in [0.5, 0.6) is 0 Å². The first-order valence-electron chi connectivity index (χ1n) is 6.25. The number of aryl methyl sites for hydroxylation is 1. The molecule has 0 bridgehead atoms. The van der Waals surface area contributed by atoms with Crippen LogP contribution in [0.15, 0.2) is 30.2 Å². The minimum absolute atomic E-state index is 0.231. The predicted octanol–water partition coefficient (Wildman–Crippen LogP) is 3.41. The molecule has 2 aliphatic carbocycles. The summed E-state index contributed by atoms with van der Waals surface area (Å²) in [4.78, 5) is 8.61. The van der Waals surface area contributed by atoms with E-state index in [0.717, 1.165) is 18.5 Å². The summed E-state index contributed by atoms with van der Waals surface area (Å²) in [5.41, 5.74) is 6.76. The van der Waals surface area contributed by atoms with Gasteiger partial charge in [-0.05, 0) is 35.3 Å². The molecule has 88 valence electrons. The van der Waals surface area contributed by atoms with Gasteiger partial charge in [-0.15, -0.1) is 0 Å². The average Bonchev–Trinajstić information content (AvgIpc) is 2.51. The Balaban J connectivity index is 2.25. The normalized spacial score (nSPS) is 25.8. The van der Waals surface area contributed by atoms with E-state index >= 15 is 0 Å². The second-order valence-corrected chi connectivity index (χ2v) is 5.72. The monoisotopic (exact) mass is 226 g/mol. The summed E-state index contributed by atoms with van der Waals surface area (Å²) >= 11 is 0. The molecule has 1 unspecified atom stereocenters. The smallest absolute Gasteiger partial charge is 0.116 e. The lowest BCUT2D eigenvalue weighted by atomic mass is 9.75. The summed E-state index contributed by atoms with van der Waals surface area (Å²) in [5, 5.41) is 0. The third-order valence-corrected chi connectivity index (χ3v) is 4.68. The van der Waals surface area contributed by atoms with Gasteiger partial charge in [0.25, 0.3) is 0 Å². The number of hydrogen-bond donors (Lipinski definition) is 0. The molecule has 0 spiro atoms. The van der Waals surface area contributed by atoms with E-state index in [9.17, 15) is 0 Å². The fraction of sp³-hybridized carbons (Fsp3) is 0.467. The zero-order chi connectivity index (χ0) is 12.2. The number of aromatic nitrogens is 2. The maximum absolute atomic E-state index is 4.48. The SMILES string of the molecule is C=C1C2=C(CCc3cncnc32)C(C)(C)C1C. The highest BCUT2D eigenvalue weighted by Gasteiger charge is 2.43. The molecule has 0 fully saturated rings. The zero-order valence-corrected chi connectivity index (χ0v) is 10.7. The van der Waals surface area contributed by atoms with Crippen molar-refractivity contribution < 1.29 is 0 Å². The van der Waals surface area contributed by atoms with Crippen molar-refractivity contribution in [2.24, 2.45) is 11.3 Å². The van der Waals surface area contributed by atoms with Crippen molar-refractivity contribution in [2.45, 2.75) is 33.6 Å². The van der Waals surface area contributed by atoms with Crippen LogP contribution >= 0.6 is 0 Å². The van der Waals surface area contributed by atoms with Gasteiger partial charge in [0.15, 0.2) is 0 Å². The summed E-state index contributed by atoms with van der Waals surface area (Å²) in [5.74, 6) is 0.508. The van der Waals surface area contributed by atoms with E-state index in [-0.39, 0.29) is 5.41 Å². The van der Waals surface area contributed by atoms with E-state index < -0.39 is 0 Å². The van der Waals surface area contributed by atoms with Crippen LogP contribution in [0, 0.1) is 11.3 Å². The molecule has 0 N–H and O–H groups in total. The Labute approximate surface area is 102 Å². The molecule has 0 aliphatic heterocycles. The van der Waals surface area contributed by atoms with Crippen LogP contribution in [0.2, 0.25) is 0 Å². The molecule has 2 aliphatic rings. The van der Waals surface area contributed by atoms with E-state index in [1.807, 2.05) is 6.20 Å². The predicted molar refractivity (Wildman–Crippen MR) is 69.4 cm³/mol. The Kier molecular flexibility index (Phi) is 2.07. The summed E-state index contributed by atoms with van der Waals surface area (Å²) in [6.07, 6.45) is 5.80. The molecule has 3 rings (SSSR count). The number of fused-ring (bicyclic) bond motifs is 2. The summed E-state index contributed by atoms with van der Waals surface area (Å²) < 4.78 is 0. The molecule has 1 atom stereocenters. The highest BCUT2D eigenvalue weighted by Crippen LogP contribution is 2.55. The summed E-state index contributed by atoms with van der Waals surface area (Å²) in [6.45, 7) is 11.2. The van der Waals surface area contributed by atoms with Gasteiger partial charge in [-0.3, -0.25) is 0 Å². The van der Waals surface area contributed by atoms with Crippen LogP contribution in [-0.4, -0.2) is 9.97 Å². The maximum Gasteiger partial charge on any atom is 0.116 e. The number of rotatable bonds is 0. The van der Waals surface area contributed by atoms with Crippen molar-refractivity contribution in [1.82, 2.24) is 9.97 Å². The molecule has 17 heavy (non-hydrogen) atoms. The first kappa shape index (κ1) is 10.7. The summed E-state index contributed by atoms with van der Waals surface area (Å²) in [6, 6.07) is 0. The van der Waals surface area contributed by atoms with Gasteiger partial charge in [0.05, 0.1) is 5.69 Å². The second kappa shape index (κ2) is 3.28. The van der Waals surface area contributed by atoms with Crippen LogP contribution in [0.25, 0.3) is 5.57 Å². The molecule has 2 heteroatoms. The Morgan fingerprint density at radius 3 is 2.88 bits per heavy atom. The van der Waals surface area contributed by atoms with Gasteiger partial charge in [-0.1, -0.05) is 32.9 Å². The van der Waals surface area contributed by atoms with Crippen LogP contribution in [-0.2, 0) is 6.42 Å². The standard InChI is InChI=1S/C15H18N2/c1-9-10(2)15(3,4)12-6-5-11-7-16-8-17-14(11)13(9)12/h7-8,10H,1,5-6H2,2-4H3. The highest BCUT2D eigenvalue weighted by molar-refractivity contribution is 5.86. The third-order valence-electron chi connectivity index (χ3n) is 4.68. The van der Waals surface area contributed by atoms with E-state index in [0.29, 0.717) is 5.92 Å². The van der Waals surface area contributed by atoms with Crippen LogP contribution in [0.4, 0.5) is 0 Å². The lowest BCUT2D eigenvalue weighted by Gasteiger charge is -2.29. The van der Waals surface area contributed by atoms with E-state index in [4.69, 9.17) is 0 Å². The second-order valence-electron chi connectivity index (χ2n) is 5.72. The minimum atomic E-state index is 0.231. The van der Waals surface area contributed by atoms with Gasteiger partial charge in [0.2, 0.25) is 0 Å². The molecule has 1 aromatic rings. The maximum atomic E-state index is 4.48. The molecule has 0 saturated carbocycles. The van der Waals surface area contributed by atoms with Gasteiger partial charge in [-0.2, -0.15) is 0 Å². The van der Waals surface area contributed by atoms with Crippen molar-refractivity contribution in [1.29, 1.82) is 0 Å². The van der Waals surface area contributed by atoms with Crippen molar-refractivity contribution in [3.63, 3.8) is 0 Å². The fourth-order valence-electron chi connectivity index (χ4n) is 3.20. The third kappa shape index (κ3) is 1.27. The molecule has 0 radical (unpaired) electrons. The fourth-order valence-corrected chi connectivity index (χ4v) is 3.20. The Morgan fingerprint density at radius 1 is 1.35 bits per heavy atom. The van der Waals surface area contributed by atoms with Gasteiger partial charge < -0.3 is 0 Å². The largest absolute Gasteiger partial charge is 0.244 e. The number of allylic oxidation sites excluding steroid dienone is 3. The topological polar surface area (TPSA) is 25.8 Å². The van der Waals surface area contributed by atoms with Gasteiger partial charge in [-0.25, -0.2) is 9.97 Å². The number of nitrogens with zero attached hydrogens (tertiary/aromatic N) is 2. The lowest BCUT2D eigenvalue weighted by molar-refractivity contribution is 0.344. The van der Waals surface area contributed by atoms with Crippen LogP contribution in [0.1, 0.15) is 38.4 Å². The van der Waals surface area contributed by atoms with Gasteiger partial charge in [0, 0.05) is 11.8 Å². The quantitative estimate of drug-likeness (QED) is 0.677. The first-order chi connectivity index (χ1) is 8.03. The molecular formula is C15H18N2. The highest BCUT2D eigenvalue weighted by atomic mass is 14.8. The molecular weight excluding hydrogens is 208 g/mol. The average molecular weight is 226 g/mol. The van der Waals surface area contributed by atoms with E-state index in [2.05, 4.69) is 37.3 Å². The Morgan fingerprint density at radius 2 is 2.12 bits per heavy atom. The number of hydrogen-bond acceptors (Lipinski definition) is 2. The van der Waals surface area contributed by atoms with Crippen molar-refractivity contribution >= 4 is 5.57 Å². The van der Waals surface area contributed by atoms with Crippen molar-refractivity contribution in [2.75, 3.05) is 0 Å². The molecule has 0 aromatic carbocycles. The first-order valence-corrected chi connectivity index (χ1v) is 6.25. The van der Waals surface area contributed by atoms with Crippen molar-refractivity contribution in [3.05, 3.63) is 41.5 Å².